The summed E-state index contributed by atoms with van der Waals surface area (Å²) < 4.78 is 26.9. The molecule has 2 nitrogen and oxygen atoms in total. The summed E-state index contributed by atoms with van der Waals surface area (Å²) in [4.78, 5) is 1.61. The molecule has 0 bridgehead atoms. The van der Waals surface area contributed by atoms with Crippen molar-refractivity contribution < 1.29 is 8.42 Å². The molecular weight excluding hydrogens is 376 g/mol. The molecule has 0 radical (unpaired) electrons. The zero-order valence-corrected chi connectivity index (χ0v) is 19.0. The molecule has 5 heteroatoms. The quantitative estimate of drug-likeness (QED) is 0.610. The minimum Gasteiger partial charge on any atom is -0.223 e. The van der Waals surface area contributed by atoms with Crippen LogP contribution in [0, 0.1) is 12.3 Å². The Bertz CT molecular complexity index is 897. The van der Waals surface area contributed by atoms with Crippen molar-refractivity contribution in [1.29, 1.82) is 0 Å². The fraction of sp³-hybridized carbons (Fsp3) is 0.429. The van der Waals surface area contributed by atoms with Crippen molar-refractivity contribution >= 4 is 29.7 Å². The molecule has 0 amide bonds. The zero-order valence-electron chi connectivity index (χ0n) is 16.4. The Balaban J connectivity index is 2.10. The first-order valence-electron chi connectivity index (χ1n) is 8.99. The third kappa shape index (κ3) is 2.88. The summed E-state index contributed by atoms with van der Waals surface area (Å²) in [7, 11) is -5.21. The highest BCUT2D eigenvalue weighted by Crippen LogP contribution is 2.72. The average Bonchev–Trinajstić information content (AvgIpc) is 3.06. The maximum atomic E-state index is 13.6. The molecule has 2 atom stereocenters. The summed E-state index contributed by atoms with van der Waals surface area (Å²) in [5.41, 5.74) is 0.816. The summed E-state index contributed by atoms with van der Waals surface area (Å²) in [5.74, 6) is 0. The maximum absolute atomic E-state index is 13.6. The van der Waals surface area contributed by atoms with Gasteiger partial charge in [0.15, 0.2) is 9.84 Å². The van der Waals surface area contributed by atoms with Crippen molar-refractivity contribution in [3.8, 4) is 0 Å². The lowest BCUT2D eigenvalue weighted by atomic mass is 10.2. The van der Waals surface area contributed by atoms with Gasteiger partial charge in [0.1, 0.15) is 0 Å². The molecule has 0 saturated heterocycles. The van der Waals surface area contributed by atoms with Crippen LogP contribution in [0.4, 0.5) is 0 Å². The molecule has 0 aliphatic heterocycles. The largest absolute Gasteiger partial charge is 0.223 e. The van der Waals surface area contributed by atoms with Crippen LogP contribution in [0.25, 0.3) is 0 Å². The van der Waals surface area contributed by atoms with Gasteiger partial charge in [0.25, 0.3) is 0 Å². The van der Waals surface area contributed by atoms with Crippen LogP contribution in [0.3, 0.4) is 0 Å². The van der Waals surface area contributed by atoms with Crippen molar-refractivity contribution in [2.24, 2.45) is 5.41 Å². The van der Waals surface area contributed by atoms with E-state index in [1.807, 2.05) is 37.3 Å². The molecule has 26 heavy (non-hydrogen) atoms. The molecule has 0 N–H and O–H groups in total. The molecule has 140 valence electrons. The highest BCUT2D eigenvalue weighted by molar-refractivity contribution is 8.05. The number of aryl methyl sites for hydroxylation is 1. The van der Waals surface area contributed by atoms with E-state index in [9.17, 15) is 8.42 Å². The van der Waals surface area contributed by atoms with Crippen molar-refractivity contribution in [2.75, 3.05) is 0 Å². The molecule has 0 spiro atoms. The molecule has 1 saturated carbocycles. The second kappa shape index (κ2) is 6.25. The van der Waals surface area contributed by atoms with Crippen LogP contribution < -0.4 is 0 Å². The Morgan fingerprint density at radius 3 is 1.96 bits per heavy atom. The van der Waals surface area contributed by atoms with Gasteiger partial charge in [-0.2, -0.15) is 0 Å². The van der Waals surface area contributed by atoms with Crippen molar-refractivity contribution in [3.63, 3.8) is 0 Å². The smallest absolute Gasteiger partial charge is 0.182 e. The highest BCUT2D eigenvalue weighted by atomic mass is 32.2. The molecule has 2 unspecified atom stereocenters. The number of rotatable bonds is 5. The van der Waals surface area contributed by atoms with Gasteiger partial charge in [-0.3, -0.25) is 0 Å². The lowest BCUT2D eigenvalue weighted by molar-refractivity contribution is 0.578. The topological polar surface area (TPSA) is 34.1 Å². The van der Waals surface area contributed by atoms with Gasteiger partial charge in [-0.25, -0.2) is 8.42 Å². The van der Waals surface area contributed by atoms with Gasteiger partial charge in [0.2, 0.25) is 0 Å². The number of hydrogen-bond donors (Lipinski definition) is 0. The number of sulfone groups is 1. The number of hydrogen-bond acceptors (Lipinski definition) is 3. The van der Waals surface area contributed by atoms with Gasteiger partial charge in [0, 0.05) is 9.27 Å². The Hall–Kier alpha value is -1.04. The number of benzene rings is 2. The molecule has 0 aromatic heterocycles. The summed E-state index contributed by atoms with van der Waals surface area (Å²) in [6, 6.07) is 17.6. The fourth-order valence-electron chi connectivity index (χ4n) is 4.52. The van der Waals surface area contributed by atoms with Gasteiger partial charge < -0.3 is 0 Å². The summed E-state index contributed by atoms with van der Waals surface area (Å²) in [6.45, 7) is 13.2. The lowest BCUT2D eigenvalue weighted by Crippen LogP contribution is -2.44. The van der Waals surface area contributed by atoms with Crippen molar-refractivity contribution in [2.45, 2.75) is 59.8 Å². The van der Waals surface area contributed by atoms with E-state index in [-0.39, 0.29) is 15.0 Å². The van der Waals surface area contributed by atoms with E-state index in [0.717, 1.165) is 10.5 Å². The monoisotopic (exact) mass is 404 g/mol. The minimum absolute atomic E-state index is 0.245. The van der Waals surface area contributed by atoms with E-state index < -0.39 is 17.9 Å². The molecular formula is C21H28O2S2Si. The van der Waals surface area contributed by atoms with E-state index >= 15 is 0 Å². The molecule has 3 rings (SSSR count). The van der Waals surface area contributed by atoms with Gasteiger partial charge in [-0.1, -0.05) is 69.4 Å². The van der Waals surface area contributed by atoms with Crippen molar-refractivity contribution in [3.05, 3.63) is 60.2 Å². The molecule has 2 aromatic carbocycles. The summed E-state index contributed by atoms with van der Waals surface area (Å²) in [5, 5.41) is -0.359. The zero-order chi connectivity index (χ0) is 19.4. The summed E-state index contributed by atoms with van der Waals surface area (Å²) in [6.07, 6.45) is 0. The van der Waals surface area contributed by atoms with E-state index in [4.69, 9.17) is 0 Å². The van der Waals surface area contributed by atoms with Crippen LogP contribution in [0.2, 0.25) is 19.6 Å². The SMILES string of the molecule is Cc1ccc(S(=O)(=O)C2C(C)(C)C2(Sc2ccccc2)[Si](C)(C)C)cc1. The first-order valence-corrected chi connectivity index (χ1v) is 14.9. The molecule has 2 aromatic rings. The maximum Gasteiger partial charge on any atom is 0.182 e. The minimum atomic E-state index is -3.39. The van der Waals surface area contributed by atoms with Crippen LogP contribution in [0.5, 0.6) is 0 Å². The molecule has 1 fully saturated rings. The van der Waals surface area contributed by atoms with Gasteiger partial charge >= 0.3 is 0 Å². The van der Waals surface area contributed by atoms with Crippen LogP contribution in [0.15, 0.2) is 64.4 Å². The lowest BCUT2D eigenvalue weighted by Gasteiger charge is -2.32. The van der Waals surface area contributed by atoms with Crippen LogP contribution in [-0.2, 0) is 9.84 Å². The Morgan fingerprint density at radius 2 is 1.46 bits per heavy atom. The predicted octanol–water partition coefficient (Wildman–Crippen LogP) is 5.59. The third-order valence-corrected chi connectivity index (χ3v) is 15.4. The second-order valence-electron chi connectivity index (χ2n) is 8.86. The second-order valence-corrected chi connectivity index (χ2v) is 17.9. The van der Waals surface area contributed by atoms with Gasteiger partial charge in [-0.05, 0) is 36.6 Å². The van der Waals surface area contributed by atoms with Crippen LogP contribution >= 0.6 is 11.8 Å². The molecule has 0 heterocycles. The average molecular weight is 405 g/mol. The molecule has 1 aliphatic carbocycles. The predicted molar refractivity (Wildman–Crippen MR) is 114 cm³/mol. The molecule has 1 aliphatic rings. The van der Waals surface area contributed by atoms with E-state index in [1.165, 1.54) is 0 Å². The normalized spacial score (nSPS) is 25.1. The first kappa shape index (κ1) is 19.7. The first-order chi connectivity index (χ1) is 11.9. The Labute approximate surface area is 163 Å². The fourth-order valence-corrected chi connectivity index (χ4v) is 15.3. The van der Waals surface area contributed by atoms with Crippen molar-refractivity contribution in [1.82, 2.24) is 0 Å². The summed E-state index contributed by atoms with van der Waals surface area (Å²) >= 11 is 1.79. The highest BCUT2D eigenvalue weighted by Gasteiger charge is 2.81. The Morgan fingerprint density at radius 1 is 0.923 bits per heavy atom. The van der Waals surface area contributed by atoms with Gasteiger partial charge in [-0.15, -0.1) is 11.8 Å². The standard InChI is InChI=1S/C21H28O2S2Si/c1-16-12-14-18(15-13-16)25(22,23)19-20(2,3)21(19,26(4,5)6)24-17-10-8-7-9-11-17/h7-15,19H,1-6H3. The Kier molecular flexibility index (Phi) is 4.74. The van der Waals surface area contributed by atoms with Crippen LogP contribution in [-0.4, -0.2) is 26.1 Å². The van der Waals surface area contributed by atoms with Crippen LogP contribution in [0.1, 0.15) is 19.4 Å². The van der Waals surface area contributed by atoms with E-state index in [2.05, 4.69) is 45.6 Å². The van der Waals surface area contributed by atoms with E-state index in [1.54, 1.807) is 23.9 Å². The van der Waals surface area contributed by atoms with E-state index in [0.29, 0.717) is 4.90 Å². The number of thioether (sulfide) groups is 1. The van der Waals surface area contributed by atoms with Gasteiger partial charge in [0.05, 0.1) is 18.2 Å². The third-order valence-electron chi connectivity index (χ3n) is 5.69.